The lowest BCUT2D eigenvalue weighted by atomic mass is 10.4. The lowest BCUT2D eigenvalue weighted by Gasteiger charge is -2.16. The summed E-state index contributed by atoms with van der Waals surface area (Å²) in [7, 11) is -0.0107. The molecule has 1 saturated heterocycles. The molecule has 0 saturated carbocycles. The Kier molecular flexibility index (Phi) is 4.62. The molecule has 2 atom stereocenters. The van der Waals surface area contributed by atoms with Crippen LogP contribution in [0.2, 0.25) is 0 Å². The van der Waals surface area contributed by atoms with Crippen molar-refractivity contribution in [2.75, 3.05) is 24.9 Å². The van der Waals surface area contributed by atoms with Crippen LogP contribution in [0.5, 0.6) is 0 Å². The van der Waals surface area contributed by atoms with E-state index in [9.17, 15) is 0 Å². The van der Waals surface area contributed by atoms with E-state index < -0.39 is 0 Å². The summed E-state index contributed by atoms with van der Waals surface area (Å²) in [6.45, 7) is 0. The molecule has 1 nitrogen and oxygen atoms in total. The summed E-state index contributed by atoms with van der Waals surface area (Å²) < 4.78 is 0. The van der Waals surface area contributed by atoms with Crippen molar-refractivity contribution in [2.45, 2.75) is 0 Å². The van der Waals surface area contributed by atoms with Crippen LogP contribution in [0.25, 0.3) is 0 Å². The minimum Gasteiger partial charge on any atom is -0.308 e. The van der Waals surface area contributed by atoms with Gasteiger partial charge in [0.15, 0.2) is 0 Å². The van der Waals surface area contributed by atoms with Gasteiger partial charge in [-0.25, -0.2) is 0 Å². The predicted molar refractivity (Wildman–Crippen MR) is 88.6 cm³/mol. The molecule has 0 amide bonds. The van der Waals surface area contributed by atoms with Gasteiger partial charge in [0, 0.05) is 12.6 Å². The van der Waals surface area contributed by atoms with Crippen molar-refractivity contribution in [1.29, 1.82) is 0 Å². The first kappa shape index (κ1) is 13.3. The monoisotopic (exact) mass is 287 g/mol. The Bertz CT molecular complexity index is 453. The summed E-state index contributed by atoms with van der Waals surface area (Å²) in [4.78, 5) is 0. The molecule has 0 aliphatic carbocycles. The molecule has 2 aromatic rings. The van der Waals surface area contributed by atoms with Gasteiger partial charge in [0.05, 0.1) is 0 Å². The zero-order valence-electron chi connectivity index (χ0n) is 11.0. The van der Waals surface area contributed by atoms with Gasteiger partial charge in [-0.15, -0.1) is 0 Å². The number of rotatable bonds is 2. The maximum atomic E-state index is 3.70. The lowest BCUT2D eigenvalue weighted by molar-refractivity contribution is 0.940. The van der Waals surface area contributed by atoms with Gasteiger partial charge in [-0.05, 0) is 22.9 Å². The average molecular weight is 287 g/mol. The van der Waals surface area contributed by atoms with Crippen molar-refractivity contribution in [3.8, 4) is 0 Å². The van der Waals surface area contributed by atoms with Crippen molar-refractivity contribution in [1.82, 2.24) is 5.32 Å². The summed E-state index contributed by atoms with van der Waals surface area (Å²) in [5, 5.41) is 6.80. The van der Waals surface area contributed by atoms with Crippen LogP contribution >= 0.6 is 15.8 Å². The Hall–Kier alpha value is -0.740. The normalized spacial score (nSPS) is 23.8. The van der Waals surface area contributed by atoms with Crippen LogP contribution in [0.1, 0.15) is 0 Å². The van der Waals surface area contributed by atoms with E-state index in [1.165, 1.54) is 24.9 Å². The fourth-order valence-electron chi connectivity index (χ4n) is 2.44. The van der Waals surface area contributed by atoms with Crippen molar-refractivity contribution < 1.29 is 0 Å². The second-order valence-electron chi connectivity index (χ2n) is 4.76. The fourth-order valence-corrected chi connectivity index (χ4v) is 7.69. The summed E-state index contributed by atoms with van der Waals surface area (Å²) in [5.74, 6) is 0. The van der Waals surface area contributed by atoms with Crippen LogP contribution in [-0.2, 0) is 0 Å². The fraction of sp³-hybridized carbons (Fsp3) is 0.250. The van der Waals surface area contributed by atoms with Crippen LogP contribution in [0.3, 0.4) is 0 Å². The van der Waals surface area contributed by atoms with E-state index in [1.807, 2.05) is 0 Å². The minimum absolute atomic E-state index is 0.00536. The summed E-state index contributed by atoms with van der Waals surface area (Å²) in [6.07, 6.45) is 5.11. The summed E-state index contributed by atoms with van der Waals surface area (Å²) in [5.41, 5.74) is 0. The van der Waals surface area contributed by atoms with Crippen LogP contribution < -0.4 is 15.9 Å². The zero-order valence-corrected chi connectivity index (χ0v) is 12.8. The largest absolute Gasteiger partial charge is 0.308 e. The molecule has 3 rings (SSSR count). The Morgan fingerprint density at radius 2 is 1.05 bits per heavy atom. The molecule has 98 valence electrons. The Morgan fingerprint density at radius 1 is 0.632 bits per heavy atom. The standard InChI is InChI=1S/C16H19NP2/c1-3-7-15(8-4-1)18-11-12-19(14-17-13-18)16-9-5-2-6-10-16/h1-10,17H,11-14H2. The first-order chi connectivity index (χ1) is 9.43. The van der Waals surface area contributed by atoms with Crippen LogP contribution in [0, 0.1) is 0 Å². The van der Waals surface area contributed by atoms with Gasteiger partial charge in [0.25, 0.3) is 0 Å². The van der Waals surface area contributed by atoms with E-state index in [0.29, 0.717) is 0 Å². The first-order valence-electron chi connectivity index (χ1n) is 6.74. The van der Waals surface area contributed by atoms with Gasteiger partial charge in [-0.1, -0.05) is 76.5 Å². The highest BCUT2D eigenvalue weighted by Crippen LogP contribution is 2.43. The zero-order chi connectivity index (χ0) is 12.9. The molecular weight excluding hydrogens is 268 g/mol. The topological polar surface area (TPSA) is 12.0 Å². The van der Waals surface area contributed by atoms with Gasteiger partial charge in [0.1, 0.15) is 0 Å². The molecule has 1 N–H and O–H groups in total. The molecule has 0 aromatic heterocycles. The Morgan fingerprint density at radius 3 is 1.47 bits per heavy atom. The van der Waals surface area contributed by atoms with Crippen molar-refractivity contribution in [2.24, 2.45) is 0 Å². The van der Waals surface area contributed by atoms with Crippen LogP contribution in [0.4, 0.5) is 0 Å². The van der Waals surface area contributed by atoms with Gasteiger partial charge in [-0.2, -0.15) is 0 Å². The number of benzene rings is 2. The van der Waals surface area contributed by atoms with Gasteiger partial charge in [0.2, 0.25) is 0 Å². The number of hydrogen-bond donors (Lipinski definition) is 1. The smallest absolute Gasteiger partial charge is 0.0200 e. The van der Waals surface area contributed by atoms with Crippen LogP contribution in [0.15, 0.2) is 60.7 Å². The molecule has 3 heteroatoms. The summed E-state index contributed by atoms with van der Waals surface area (Å²) >= 11 is 0. The Labute approximate surface area is 117 Å². The predicted octanol–water partition coefficient (Wildman–Crippen LogP) is 3.12. The van der Waals surface area contributed by atoms with E-state index in [1.54, 1.807) is 10.6 Å². The second kappa shape index (κ2) is 6.62. The molecule has 1 aliphatic rings. The van der Waals surface area contributed by atoms with E-state index in [-0.39, 0.29) is 15.8 Å². The molecule has 1 fully saturated rings. The highest BCUT2D eigenvalue weighted by molar-refractivity contribution is 7.70. The number of hydrogen-bond acceptors (Lipinski definition) is 1. The van der Waals surface area contributed by atoms with E-state index in [0.717, 1.165) is 0 Å². The third-order valence-corrected chi connectivity index (χ3v) is 8.64. The SMILES string of the molecule is c1ccc(P2CCP(c3ccccc3)CNC2)cc1. The highest BCUT2D eigenvalue weighted by Gasteiger charge is 2.19. The van der Waals surface area contributed by atoms with Crippen molar-refractivity contribution >= 4 is 26.5 Å². The quantitative estimate of drug-likeness (QED) is 0.837. The third-order valence-electron chi connectivity index (χ3n) is 3.49. The van der Waals surface area contributed by atoms with E-state index in [2.05, 4.69) is 66.0 Å². The van der Waals surface area contributed by atoms with Gasteiger partial charge >= 0.3 is 0 Å². The van der Waals surface area contributed by atoms with E-state index in [4.69, 9.17) is 0 Å². The number of nitrogens with one attached hydrogen (secondary N) is 1. The maximum Gasteiger partial charge on any atom is 0.0200 e. The minimum atomic E-state index is -0.00536. The molecule has 0 spiro atoms. The first-order valence-corrected chi connectivity index (χ1v) is 10.2. The Balaban J connectivity index is 1.69. The summed E-state index contributed by atoms with van der Waals surface area (Å²) in [6, 6.07) is 22.1. The highest BCUT2D eigenvalue weighted by atomic mass is 31.1. The molecule has 19 heavy (non-hydrogen) atoms. The molecule has 0 radical (unpaired) electrons. The maximum absolute atomic E-state index is 3.70. The second-order valence-corrected chi connectivity index (χ2v) is 9.48. The van der Waals surface area contributed by atoms with Crippen molar-refractivity contribution in [3.05, 3.63) is 60.7 Å². The lowest BCUT2D eigenvalue weighted by Crippen LogP contribution is -2.17. The molecular formula is C16H19NP2. The van der Waals surface area contributed by atoms with Gasteiger partial charge < -0.3 is 5.32 Å². The molecule has 2 unspecified atom stereocenters. The molecule has 1 heterocycles. The molecule has 0 bridgehead atoms. The molecule has 1 aliphatic heterocycles. The average Bonchev–Trinajstić information content (AvgIpc) is 2.75. The van der Waals surface area contributed by atoms with Crippen molar-refractivity contribution in [3.63, 3.8) is 0 Å². The molecule has 2 aromatic carbocycles. The third kappa shape index (κ3) is 3.42. The van der Waals surface area contributed by atoms with E-state index >= 15 is 0 Å². The van der Waals surface area contributed by atoms with Crippen LogP contribution in [-0.4, -0.2) is 24.9 Å². The van der Waals surface area contributed by atoms with Gasteiger partial charge in [-0.3, -0.25) is 0 Å².